The largest absolute Gasteiger partial charge is 0.481 e. The molecule has 0 saturated carbocycles. The Balaban J connectivity index is 2.16. The van der Waals surface area contributed by atoms with Crippen molar-refractivity contribution in [2.45, 2.75) is 44.2 Å². The molecule has 2 aromatic carbocycles. The topological polar surface area (TPSA) is 66.8 Å². The summed E-state index contributed by atoms with van der Waals surface area (Å²) < 4.78 is 5.42. The van der Waals surface area contributed by atoms with Gasteiger partial charge in [0.1, 0.15) is 0 Å². The van der Waals surface area contributed by atoms with Crippen molar-refractivity contribution >= 4 is 35.1 Å². The van der Waals surface area contributed by atoms with E-state index < -0.39 is 11.9 Å². The first-order chi connectivity index (χ1) is 14.8. The lowest BCUT2D eigenvalue weighted by Crippen LogP contribution is -2.53. The van der Waals surface area contributed by atoms with E-state index in [9.17, 15) is 14.7 Å². The van der Waals surface area contributed by atoms with E-state index in [1.165, 1.54) is 0 Å². The van der Waals surface area contributed by atoms with Crippen LogP contribution in [0.3, 0.4) is 0 Å². The van der Waals surface area contributed by atoms with Crippen LogP contribution in [0.4, 0.5) is 0 Å². The summed E-state index contributed by atoms with van der Waals surface area (Å²) in [6, 6.07) is 14.6. The number of ether oxygens (including phenoxy) is 1. The highest BCUT2D eigenvalue weighted by Crippen LogP contribution is 2.47. The number of halogens is 2. The number of benzene rings is 2. The maximum atomic E-state index is 13.6. The fraction of sp³-hybridized carbons (Fsp3) is 0.417. The summed E-state index contributed by atoms with van der Waals surface area (Å²) in [4.78, 5) is 27.0. The van der Waals surface area contributed by atoms with E-state index in [0.717, 1.165) is 11.1 Å². The van der Waals surface area contributed by atoms with Gasteiger partial charge in [0.25, 0.3) is 0 Å². The number of carbonyl (C=O) groups is 2. The standard InChI is InChI=1S/C24H27Cl2NO4/c1-3-20(14-31-2)27-23(15-7-9-18(25)10-8-15)21(16-5-4-6-19(26)11-16)12-17(24(27)30)13-22(28)29/h4-11,17,20-21,23H,3,12-14H2,1-2H3,(H,28,29)/t17-,20?,21-,23-/m1/s1. The number of carboxylic acids is 1. The molecule has 0 aliphatic carbocycles. The van der Waals surface area contributed by atoms with Crippen molar-refractivity contribution in [2.75, 3.05) is 13.7 Å². The molecule has 166 valence electrons. The summed E-state index contributed by atoms with van der Waals surface area (Å²) in [5.41, 5.74) is 1.93. The zero-order valence-corrected chi connectivity index (χ0v) is 19.1. The third-order valence-corrected chi connectivity index (χ3v) is 6.44. The van der Waals surface area contributed by atoms with Gasteiger partial charge in [0, 0.05) is 29.0 Å². The van der Waals surface area contributed by atoms with E-state index in [0.29, 0.717) is 29.5 Å². The van der Waals surface area contributed by atoms with E-state index in [1.54, 1.807) is 7.11 Å². The molecule has 1 N–H and O–H groups in total. The number of rotatable bonds is 8. The lowest BCUT2D eigenvalue weighted by molar-refractivity contribution is -0.153. The minimum atomic E-state index is -0.979. The van der Waals surface area contributed by atoms with Gasteiger partial charge in [0.2, 0.25) is 5.91 Å². The van der Waals surface area contributed by atoms with Crippen LogP contribution in [0, 0.1) is 5.92 Å². The number of hydrogen-bond acceptors (Lipinski definition) is 3. The van der Waals surface area contributed by atoms with Gasteiger partial charge in [-0.05, 0) is 48.2 Å². The number of methoxy groups -OCH3 is 1. The van der Waals surface area contributed by atoms with E-state index in [4.69, 9.17) is 27.9 Å². The fourth-order valence-electron chi connectivity index (χ4n) is 4.56. The number of likely N-dealkylation sites (tertiary alicyclic amines) is 1. The summed E-state index contributed by atoms with van der Waals surface area (Å²) in [6.07, 6.45) is 0.910. The zero-order chi connectivity index (χ0) is 22.5. The quantitative estimate of drug-likeness (QED) is 0.555. The van der Waals surface area contributed by atoms with Crippen molar-refractivity contribution in [3.8, 4) is 0 Å². The Kier molecular flexibility index (Phi) is 7.98. The molecule has 0 spiro atoms. The lowest BCUT2D eigenvalue weighted by atomic mass is 9.74. The van der Waals surface area contributed by atoms with Crippen LogP contribution >= 0.6 is 23.2 Å². The van der Waals surface area contributed by atoms with Crippen LogP contribution in [0.15, 0.2) is 48.5 Å². The van der Waals surface area contributed by atoms with Crippen molar-refractivity contribution in [3.63, 3.8) is 0 Å². The molecule has 4 atom stereocenters. The predicted molar refractivity (Wildman–Crippen MR) is 122 cm³/mol. The molecule has 2 aromatic rings. The highest BCUT2D eigenvalue weighted by Gasteiger charge is 2.46. The molecule has 31 heavy (non-hydrogen) atoms. The second kappa shape index (κ2) is 10.5. The molecular weight excluding hydrogens is 437 g/mol. The molecular formula is C24H27Cl2NO4. The summed E-state index contributed by atoms with van der Waals surface area (Å²) in [7, 11) is 1.61. The Hall–Kier alpha value is -2.08. The van der Waals surface area contributed by atoms with Gasteiger partial charge in [-0.25, -0.2) is 0 Å². The van der Waals surface area contributed by atoms with E-state index in [1.807, 2.05) is 60.4 Å². The number of aliphatic carboxylic acids is 1. The smallest absolute Gasteiger partial charge is 0.304 e. The summed E-state index contributed by atoms with van der Waals surface area (Å²) in [5.74, 6) is -1.86. The Bertz CT molecular complexity index is 918. The third-order valence-electron chi connectivity index (χ3n) is 5.96. The molecule has 0 radical (unpaired) electrons. The molecule has 0 bridgehead atoms. The molecule has 1 fully saturated rings. The molecule has 1 aliphatic heterocycles. The van der Waals surface area contributed by atoms with E-state index in [-0.39, 0.29) is 30.3 Å². The van der Waals surface area contributed by atoms with Crippen LogP contribution in [0.25, 0.3) is 0 Å². The van der Waals surface area contributed by atoms with E-state index >= 15 is 0 Å². The molecule has 1 unspecified atom stereocenters. The van der Waals surface area contributed by atoms with Crippen LogP contribution in [0.1, 0.15) is 49.3 Å². The average molecular weight is 464 g/mol. The van der Waals surface area contributed by atoms with Crippen molar-refractivity contribution in [2.24, 2.45) is 5.92 Å². The van der Waals surface area contributed by atoms with Gasteiger partial charge >= 0.3 is 5.97 Å². The maximum Gasteiger partial charge on any atom is 0.304 e. The average Bonchev–Trinajstić information content (AvgIpc) is 2.74. The number of nitrogens with zero attached hydrogens (tertiary/aromatic N) is 1. The predicted octanol–water partition coefficient (Wildman–Crippen LogP) is 5.57. The van der Waals surface area contributed by atoms with Gasteiger partial charge in [-0.1, -0.05) is 54.4 Å². The first kappa shape index (κ1) is 23.6. The Morgan fingerprint density at radius 3 is 2.45 bits per heavy atom. The van der Waals surface area contributed by atoms with Gasteiger partial charge in [-0.3, -0.25) is 9.59 Å². The van der Waals surface area contributed by atoms with Crippen molar-refractivity contribution in [1.82, 2.24) is 4.90 Å². The first-order valence-corrected chi connectivity index (χ1v) is 11.1. The summed E-state index contributed by atoms with van der Waals surface area (Å²) in [6.45, 7) is 2.37. The Labute approximate surface area is 192 Å². The van der Waals surface area contributed by atoms with Crippen molar-refractivity contribution in [3.05, 3.63) is 69.7 Å². The molecule has 5 nitrogen and oxygen atoms in total. The molecule has 1 saturated heterocycles. The van der Waals surface area contributed by atoms with E-state index in [2.05, 4.69) is 0 Å². The van der Waals surface area contributed by atoms with Crippen LogP contribution in [0.5, 0.6) is 0 Å². The van der Waals surface area contributed by atoms with Gasteiger partial charge in [-0.2, -0.15) is 0 Å². The monoisotopic (exact) mass is 463 g/mol. The molecule has 1 aliphatic rings. The second-order valence-electron chi connectivity index (χ2n) is 7.95. The first-order valence-electron chi connectivity index (χ1n) is 10.4. The third kappa shape index (κ3) is 5.40. The maximum absolute atomic E-state index is 13.6. The molecule has 1 heterocycles. The van der Waals surface area contributed by atoms with Crippen LogP contribution < -0.4 is 0 Å². The van der Waals surface area contributed by atoms with Crippen LogP contribution in [0.2, 0.25) is 10.0 Å². The second-order valence-corrected chi connectivity index (χ2v) is 8.82. The SMILES string of the molecule is CCC(COC)N1C(=O)[C@@H](CC(=O)O)C[C@H](c2cccc(Cl)c2)[C@H]1c1ccc(Cl)cc1. The van der Waals surface area contributed by atoms with Gasteiger partial charge in [0.15, 0.2) is 0 Å². The van der Waals surface area contributed by atoms with Crippen molar-refractivity contribution < 1.29 is 19.4 Å². The normalized spacial score (nSPS) is 22.4. The molecule has 7 heteroatoms. The number of hydrogen-bond donors (Lipinski definition) is 1. The lowest BCUT2D eigenvalue weighted by Gasteiger charge is -2.48. The van der Waals surface area contributed by atoms with Crippen LogP contribution in [-0.4, -0.2) is 41.6 Å². The molecule has 3 rings (SSSR count). The van der Waals surface area contributed by atoms with Crippen LogP contribution in [-0.2, 0) is 14.3 Å². The van der Waals surface area contributed by atoms with Gasteiger partial charge < -0.3 is 14.7 Å². The minimum Gasteiger partial charge on any atom is -0.481 e. The number of carboxylic acid groups (broad SMARTS) is 1. The number of carbonyl (C=O) groups excluding carboxylic acids is 1. The summed E-state index contributed by atoms with van der Waals surface area (Å²) >= 11 is 12.4. The molecule has 0 aromatic heterocycles. The molecule has 1 amide bonds. The Morgan fingerprint density at radius 2 is 1.87 bits per heavy atom. The highest BCUT2D eigenvalue weighted by atomic mass is 35.5. The van der Waals surface area contributed by atoms with Crippen molar-refractivity contribution in [1.29, 1.82) is 0 Å². The summed E-state index contributed by atoms with van der Waals surface area (Å²) in [5, 5.41) is 10.7. The van der Waals surface area contributed by atoms with Gasteiger partial charge in [-0.15, -0.1) is 0 Å². The van der Waals surface area contributed by atoms with Gasteiger partial charge in [0.05, 0.1) is 25.1 Å². The minimum absolute atomic E-state index is 0.118. The number of amides is 1. The zero-order valence-electron chi connectivity index (χ0n) is 17.6. The highest BCUT2D eigenvalue weighted by molar-refractivity contribution is 6.30. The fourth-order valence-corrected chi connectivity index (χ4v) is 4.89. The number of piperidine rings is 1. The Morgan fingerprint density at radius 1 is 1.16 bits per heavy atom.